The standard InChI is InChI=1S/C30H43N5O7/c1-18-15-19(17-34(12)25(36)39-28(2,3)4)13-14-20(18)21-16-22(42-33-21)23(32-11)24(31)35(26(37)40-29(5,6)7)27(38)41-30(8,9)10/h13-16,31,33H,11,17H2,1-10,12H3. The van der Waals surface area contributed by atoms with Crippen LogP contribution in [0.2, 0.25) is 0 Å². The van der Waals surface area contributed by atoms with Crippen molar-refractivity contribution in [3.8, 4) is 0 Å². The van der Waals surface area contributed by atoms with Crippen LogP contribution in [0.25, 0.3) is 5.70 Å². The Bertz CT molecular complexity index is 1280. The summed E-state index contributed by atoms with van der Waals surface area (Å²) < 4.78 is 16.1. The van der Waals surface area contributed by atoms with Crippen molar-refractivity contribution in [1.82, 2.24) is 15.3 Å². The Morgan fingerprint density at radius 2 is 1.43 bits per heavy atom. The molecule has 1 aromatic carbocycles. The molecule has 0 saturated carbocycles. The van der Waals surface area contributed by atoms with Crippen molar-refractivity contribution in [2.24, 2.45) is 4.99 Å². The van der Waals surface area contributed by atoms with Gasteiger partial charge in [0.05, 0.1) is 5.70 Å². The third kappa shape index (κ3) is 9.64. The normalized spacial score (nSPS) is 14.5. The third-order valence-electron chi connectivity index (χ3n) is 5.24. The molecule has 0 unspecified atom stereocenters. The van der Waals surface area contributed by atoms with Gasteiger partial charge in [0.1, 0.15) is 16.8 Å². The molecule has 0 aromatic heterocycles. The number of allylic oxidation sites excluding steroid dienone is 1. The molecule has 0 saturated heterocycles. The molecule has 1 aliphatic rings. The number of amidine groups is 1. The average Bonchev–Trinajstić information content (AvgIpc) is 3.25. The number of hydrogen-bond acceptors (Lipinski definition) is 10. The predicted octanol–water partition coefficient (Wildman–Crippen LogP) is 6.30. The Morgan fingerprint density at radius 3 is 1.88 bits per heavy atom. The number of benzene rings is 1. The first-order valence-electron chi connectivity index (χ1n) is 13.4. The lowest BCUT2D eigenvalue weighted by Gasteiger charge is -2.28. The highest BCUT2D eigenvalue weighted by Gasteiger charge is 2.37. The summed E-state index contributed by atoms with van der Waals surface area (Å²) in [4.78, 5) is 49.7. The molecule has 0 fully saturated rings. The van der Waals surface area contributed by atoms with E-state index in [1.165, 1.54) is 4.90 Å². The summed E-state index contributed by atoms with van der Waals surface area (Å²) in [6.45, 7) is 21.0. The molecule has 2 N–H and O–H groups in total. The summed E-state index contributed by atoms with van der Waals surface area (Å²) in [5, 5.41) is 8.69. The van der Waals surface area contributed by atoms with E-state index in [9.17, 15) is 14.4 Å². The Hall–Kier alpha value is -4.35. The number of ether oxygens (including phenoxy) is 3. The second-order valence-corrected chi connectivity index (χ2v) is 12.8. The van der Waals surface area contributed by atoms with E-state index < -0.39 is 40.9 Å². The van der Waals surface area contributed by atoms with Gasteiger partial charge in [-0.05, 0) is 87.1 Å². The second kappa shape index (κ2) is 12.7. The van der Waals surface area contributed by atoms with Crippen molar-refractivity contribution in [3.63, 3.8) is 0 Å². The molecule has 0 radical (unpaired) electrons. The molecule has 230 valence electrons. The number of hydroxylamine groups is 1. The lowest BCUT2D eigenvalue weighted by Crippen LogP contribution is -2.47. The predicted molar refractivity (Wildman–Crippen MR) is 160 cm³/mol. The van der Waals surface area contributed by atoms with Gasteiger partial charge in [0.2, 0.25) is 0 Å². The van der Waals surface area contributed by atoms with Crippen LogP contribution in [0.5, 0.6) is 0 Å². The first-order valence-corrected chi connectivity index (χ1v) is 13.4. The summed E-state index contributed by atoms with van der Waals surface area (Å²) in [6.07, 6.45) is -1.07. The van der Waals surface area contributed by atoms with Gasteiger partial charge < -0.3 is 23.9 Å². The summed E-state index contributed by atoms with van der Waals surface area (Å²) in [6, 6.07) is 5.66. The number of amides is 3. The maximum Gasteiger partial charge on any atom is 0.425 e. The average molecular weight is 586 g/mol. The fourth-order valence-electron chi connectivity index (χ4n) is 3.60. The van der Waals surface area contributed by atoms with E-state index in [0.717, 1.165) is 16.7 Å². The van der Waals surface area contributed by atoms with Crippen molar-refractivity contribution in [2.75, 3.05) is 7.05 Å². The maximum atomic E-state index is 13.0. The number of imide groups is 1. The van der Waals surface area contributed by atoms with Gasteiger partial charge in [0.25, 0.3) is 0 Å². The van der Waals surface area contributed by atoms with Gasteiger partial charge in [-0.1, -0.05) is 18.2 Å². The maximum absolute atomic E-state index is 13.0. The smallest absolute Gasteiger partial charge is 0.425 e. The highest BCUT2D eigenvalue weighted by Crippen LogP contribution is 2.28. The summed E-state index contributed by atoms with van der Waals surface area (Å²) in [5.74, 6) is -0.588. The molecule has 0 atom stereocenters. The minimum Gasteiger partial charge on any atom is -0.444 e. The SMILES string of the molecule is C=NC(C(=N)N(C(=O)OC(C)(C)C)C(=O)OC(C)(C)C)=C1C=C(c2ccc(CN(C)C(=O)OC(C)(C)C)cc2C)NO1. The number of nitrogens with one attached hydrogen (secondary N) is 2. The summed E-state index contributed by atoms with van der Waals surface area (Å²) in [7, 11) is 1.67. The van der Waals surface area contributed by atoms with Gasteiger partial charge in [-0.25, -0.2) is 19.9 Å². The number of aliphatic imine (C=N–C) groups is 1. The molecule has 12 nitrogen and oxygen atoms in total. The van der Waals surface area contributed by atoms with E-state index in [0.29, 0.717) is 17.1 Å². The van der Waals surface area contributed by atoms with Crippen molar-refractivity contribution >= 4 is 36.5 Å². The lowest BCUT2D eigenvalue weighted by atomic mass is 10.0. The fraction of sp³-hybridized carbons (Fsp3) is 0.500. The van der Waals surface area contributed by atoms with Gasteiger partial charge in [0, 0.05) is 25.2 Å². The molecule has 1 aromatic rings. The van der Waals surface area contributed by atoms with Gasteiger partial charge in [-0.2, -0.15) is 4.90 Å². The van der Waals surface area contributed by atoms with Crippen LogP contribution in [0.4, 0.5) is 14.4 Å². The van der Waals surface area contributed by atoms with Gasteiger partial charge in [0.15, 0.2) is 17.3 Å². The largest absolute Gasteiger partial charge is 0.444 e. The molecular weight excluding hydrogens is 542 g/mol. The highest BCUT2D eigenvalue weighted by molar-refractivity contribution is 6.14. The fourth-order valence-corrected chi connectivity index (χ4v) is 3.60. The molecule has 1 aliphatic heterocycles. The summed E-state index contributed by atoms with van der Waals surface area (Å²) in [5.41, 5.74) is 3.20. The molecule has 0 aliphatic carbocycles. The minimum absolute atomic E-state index is 0.0512. The highest BCUT2D eigenvalue weighted by atomic mass is 16.7. The monoisotopic (exact) mass is 585 g/mol. The van der Waals surface area contributed by atoms with Crippen LogP contribution in [0.3, 0.4) is 0 Å². The van der Waals surface area contributed by atoms with Crippen LogP contribution in [0.1, 0.15) is 79.0 Å². The lowest BCUT2D eigenvalue weighted by molar-refractivity contribution is 0.0144. The molecule has 12 heteroatoms. The molecule has 42 heavy (non-hydrogen) atoms. The van der Waals surface area contributed by atoms with Crippen LogP contribution >= 0.6 is 0 Å². The van der Waals surface area contributed by atoms with Gasteiger partial charge >= 0.3 is 18.3 Å². The van der Waals surface area contributed by atoms with E-state index in [4.69, 9.17) is 24.5 Å². The van der Waals surface area contributed by atoms with Crippen molar-refractivity contribution in [3.05, 3.63) is 52.4 Å². The number of hydrogen-bond donors (Lipinski definition) is 2. The molecule has 0 spiro atoms. The Kier molecular flexibility index (Phi) is 10.2. The number of rotatable bonds is 5. The Balaban J connectivity index is 2.38. The number of carbonyl (C=O) groups excluding carboxylic acids is 3. The van der Waals surface area contributed by atoms with E-state index in [-0.39, 0.29) is 11.5 Å². The Morgan fingerprint density at radius 1 is 0.929 bits per heavy atom. The zero-order valence-electron chi connectivity index (χ0n) is 26.4. The van der Waals surface area contributed by atoms with Crippen molar-refractivity contribution in [1.29, 1.82) is 5.41 Å². The molecule has 2 rings (SSSR count). The van der Waals surface area contributed by atoms with Crippen LogP contribution in [-0.4, -0.2) is 64.5 Å². The quantitative estimate of drug-likeness (QED) is 0.233. The van der Waals surface area contributed by atoms with Crippen molar-refractivity contribution < 1.29 is 33.4 Å². The van der Waals surface area contributed by atoms with Gasteiger partial charge in [-0.15, -0.1) is 0 Å². The first kappa shape index (κ1) is 33.9. The van der Waals surface area contributed by atoms with Crippen LogP contribution in [-0.2, 0) is 25.6 Å². The minimum atomic E-state index is -1.11. The van der Waals surface area contributed by atoms with Crippen molar-refractivity contribution in [2.45, 2.75) is 92.6 Å². The number of carbonyl (C=O) groups is 3. The van der Waals surface area contributed by atoms with E-state index in [1.54, 1.807) is 54.7 Å². The van der Waals surface area contributed by atoms with Gasteiger partial charge in [-0.3, -0.25) is 10.4 Å². The summed E-state index contributed by atoms with van der Waals surface area (Å²) >= 11 is 0. The number of aryl methyl sites for hydroxylation is 1. The third-order valence-corrected chi connectivity index (χ3v) is 5.24. The zero-order valence-corrected chi connectivity index (χ0v) is 26.4. The molecule has 3 amide bonds. The van der Waals surface area contributed by atoms with E-state index in [2.05, 4.69) is 17.2 Å². The zero-order chi connectivity index (χ0) is 32.2. The molecule has 1 heterocycles. The van der Waals surface area contributed by atoms with Crippen LogP contribution < -0.4 is 5.48 Å². The first-order chi connectivity index (χ1) is 19.1. The second-order valence-electron chi connectivity index (χ2n) is 12.8. The van der Waals surface area contributed by atoms with E-state index >= 15 is 0 Å². The van der Waals surface area contributed by atoms with Crippen LogP contribution in [0.15, 0.2) is 40.7 Å². The van der Waals surface area contributed by atoms with Crippen LogP contribution in [0, 0.1) is 12.3 Å². The number of nitrogens with zero attached hydrogens (tertiary/aromatic N) is 3. The molecular formula is C30H43N5O7. The van der Waals surface area contributed by atoms with E-state index in [1.807, 2.05) is 45.9 Å². The topological polar surface area (TPSA) is 143 Å². The molecule has 0 bridgehead atoms. The Labute approximate surface area is 247 Å².